The van der Waals surface area contributed by atoms with Gasteiger partial charge in [0.05, 0.1) is 6.04 Å². The highest BCUT2D eigenvalue weighted by Gasteiger charge is 2.26. The summed E-state index contributed by atoms with van der Waals surface area (Å²) >= 11 is -1.32. The molecule has 9 heteroatoms. The molecule has 0 fully saturated rings. The Morgan fingerprint density at radius 3 is 2.52 bits per heavy atom. The standard InChI is InChI=1S/C24H25N3O4S2/c1-16(2)32(28)27-21(15-17-9-8-14-23(25-17)33(3,29)30)18-10-4-5-11-19(18)24-20-12-6-7-13-22(20)31-26-24/h4-14,16,21,27H,15H2,1-3H3/t21-,32?/m0/s1. The Morgan fingerprint density at radius 2 is 1.76 bits per heavy atom. The first-order chi connectivity index (χ1) is 15.7. The minimum Gasteiger partial charge on any atom is -0.598 e. The topological polar surface area (TPSA) is 108 Å². The van der Waals surface area contributed by atoms with Gasteiger partial charge in [0, 0.05) is 40.7 Å². The Bertz CT molecular complexity index is 1370. The molecule has 2 aromatic heterocycles. The summed E-state index contributed by atoms with van der Waals surface area (Å²) in [5.74, 6) is 0. The molecule has 7 nitrogen and oxygen atoms in total. The molecule has 33 heavy (non-hydrogen) atoms. The molecule has 0 bridgehead atoms. The summed E-state index contributed by atoms with van der Waals surface area (Å²) in [7, 11) is -3.44. The van der Waals surface area contributed by atoms with Gasteiger partial charge in [-0.2, -0.15) is 0 Å². The number of pyridine rings is 1. The fourth-order valence-corrected chi connectivity index (χ4v) is 4.95. The Kier molecular flexibility index (Phi) is 6.85. The van der Waals surface area contributed by atoms with Crippen molar-refractivity contribution in [3.8, 4) is 11.3 Å². The van der Waals surface area contributed by atoms with Gasteiger partial charge in [0.2, 0.25) is 0 Å². The molecule has 2 heterocycles. The highest BCUT2D eigenvalue weighted by Crippen LogP contribution is 2.34. The summed E-state index contributed by atoms with van der Waals surface area (Å²) < 4.78 is 45.5. The number of para-hydroxylation sites is 1. The lowest BCUT2D eigenvalue weighted by molar-refractivity contribution is 0.459. The predicted molar refractivity (Wildman–Crippen MR) is 130 cm³/mol. The molecule has 0 radical (unpaired) electrons. The van der Waals surface area contributed by atoms with E-state index in [0.717, 1.165) is 22.8 Å². The third-order valence-electron chi connectivity index (χ3n) is 5.23. The van der Waals surface area contributed by atoms with Crippen LogP contribution < -0.4 is 4.72 Å². The maximum absolute atomic E-state index is 12.8. The van der Waals surface area contributed by atoms with Crippen LogP contribution in [-0.2, 0) is 27.6 Å². The zero-order valence-electron chi connectivity index (χ0n) is 18.6. The second-order valence-corrected chi connectivity index (χ2v) is 11.8. The highest BCUT2D eigenvalue weighted by molar-refractivity contribution is 7.90. The van der Waals surface area contributed by atoms with Gasteiger partial charge < -0.3 is 9.08 Å². The van der Waals surface area contributed by atoms with E-state index >= 15 is 0 Å². The van der Waals surface area contributed by atoms with Crippen molar-refractivity contribution < 1.29 is 17.5 Å². The summed E-state index contributed by atoms with van der Waals surface area (Å²) in [6, 6.07) is 19.9. The maximum Gasteiger partial charge on any atom is 0.192 e. The highest BCUT2D eigenvalue weighted by atomic mass is 32.2. The average molecular weight is 484 g/mol. The normalized spacial score (nSPS) is 14.0. The first-order valence-corrected chi connectivity index (χ1v) is 13.6. The van der Waals surface area contributed by atoms with Crippen LogP contribution in [0.15, 0.2) is 76.3 Å². The van der Waals surface area contributed by atoms with Gasteiger partial charge in [0.25, 0.3) is 0 Å². The summed E-state index contributed by atoms with van der Waals surface area (Å²) in [4.78, 5) is 4.34. The molecule has 2 atom stereocenters. The summed E-state index contributed by atoms with van der Waals surface area (Å²) in [5, 5.41) is 5.09. The smallest absolute Gasteiger partial charge is 0.192 e. The average Bonchev–Trinajstić information content (AvgIpc) is 3.22. The Morgan fingerprint density at radius 1 is 1.03 bits per heavy atom. The Balaban J connectivity index is 1.79. The monoisotopic (exact) mass is 483 g/mol. The molecule has 1 unspecified atom stereocenters. The molecule has 0 saturated heterocycles. The Labute approximate surface area is 196 Å². The minimum atomic E-state index is -3.44. The lowest BCUT2D eigenvalue weighted by Crippen LogP contribution is -2.35. The lowest BCUT2D eigenvalue weighted by atomic mass is 9.94. The van der Waals surface area contributed by atoms with Crippen LogP contribution >= 0.6 is 0 Å². The predicted octanol–water partition coefficient (Wildman–Crippen LogP) is 4.24. The molecule has 172 valence electrons. The number of rotatable bonds is 8. The molecule has 0 aliphatic rings. The van der Waals surface area contributed by atoms with Crippen molar-refractivity contribution in [2.45, 2.75) is 36.6 Å². The van der Waals surface area contributed by atoms with E-state index in [-0.39, 0.29) is 10.3 Å². The third-order valence-corrected chi connectivity index (χ3v) is 7.59. The van der Waals surface area contributed by atoms with E-state index in [1.807, 2.05) is 62.4 Å². The van der Waals surface area contributed by atoms with Gasteiger partial charge >= 0.3 is 0 Å². The molecule has 4 rings (SSSR count). The van der Waals surface area contributed by atoms with E-state index in [9.17, 15) is 13.0 Å². The fourth-order valence-electron chi connectivity index (χ4n) is 3.57. The zero-order chi connectivity index (χ0) is 23.6. The van der Waals surface area contributed by atoms with E-state index in [2.05, 4.69) is 14.9 Å². The molecule has 0 spiro atoms. The van der Waals surface area contributed by atoms with Crippen LogP contribution in [0.5, 0.6) is 0 Å². The zero-order valence-corrected chi connectivity index (χ0v) is 20.2. The van der Waals surface area contributed by atoms with Crippen LogP contribution in [0.2, 0.25) is 0 Å². The number of hydrogen-bond donors (Lipinski definition) is 1. The molecule has 0 aliphatic heterocycles. The molecule has 4 aromatic rings. The molecule has 2 aromatic carbocycles. The van der Waals surface area contributed by atoms with Crippen molar-refractivity contribution in [2.24, 2.45) is 0 Å². The molecule has 0 aliphatic carbocycles. The second-order valence-electron chi connectivity index (χ2n) is 8.07. The summed E-state index contributed by atoms with van der Waals surface area (Å²) in [5.41, 5.74) is 3.68. The minimum absolute atomic E-state index is 0.0134. The van der Waals surface area contributed by atoms with Gasteiger partial charge in [-0.15, -0.1) is 4.72 Å². The number of benzene rings is 2. The van der Waals surface area contributed by atoms with Gasteiger partial charge in [0.15, 0.2) is 20.4 Å². The van der Waals surface area contributed by atoms with E-state index < -0.39 is 27.2 Å². The van der Waals surface area contributed by atoms with Crippen LogP contribution in [-0.4, -0.2) is 34.6 Å². The van der Waals surface area contributed by atoms with E-state index in [0.29, 0.717) is 23.4 Å². The van der Waals surface area contributed by atoms with Crippen LogP contribution in [0.25, 0.3) is 22.2 Å². The van der Waals surface area contributed by atoms with Crippen molar-refractivity contribution >= 4 is 32.2 Å². The number of nitrogens with zero attached hydrogens (tertiary/aromatic N) is 2. The molecule has 1 N–H and O–H groups in total. The van der Waals surface area contributed by atoms with Crippen molar-refractivity contribution in [1.82, 2.24) is 14.9 Å². The maximum atomic E-state index is 12.8. The largest absolute Gasteiger partial charge is 0.598 e. The SMILES string of the molecule is CC(C)[S+]([O-])N[C@@H](Cc1cccc(S(C)(=O)=O)n1)c1ccccc1-c1noc2ccccc12. The number of fused-ring (bicyclic) bond motifs is 1. The van der Waals surface area contributed by atoms with Gasteiger partial charge in [-0.05, 0) is 43.7 Å². The molecule has 0 saturated carbocycles. The third kappa shape index (κ3) is 5.27. The van der Waals surface area contributed by atoms with Crippen LogP contribution in [0.3, 0.4) is 0 Å². The first kappa shape index (κ1) is 23.4. The molecule has 0 amide bonds. The Hall–Kier alpha value is -2.72. The number of sulfone groups is 1. The summed E-state index contributed by atoms with van der Waals surface area (Å²) in [6.07, 6.45) is 1.47. The number of aromatic nitrogens is 2. The second kappa shape index (κ2) is 9.64. The van der Waals surface area contributed by atoms with Crippen LogP contribution in [0.4, 0.5) is 0 Å². The van der Waals surface area contributed by atoms with Crippen molar-refractivity contribution in [2.75, 3.05) is 6.26 Å². The van der Waals surface area contributed by atoms with E-state index in [1.165, 1.54) is 6.07 Å². The van der Waals surface area contributed by atoms with E-state index in [1.54, 1.807) is 12.1 Å². The first-order valence-electron chi connectivity index (χ1n) is 10.5. The number of nitrogens with one attached hydrogen (secondary N) is 1. The molecular weight excluding hydrogens is 458 g/mol. The van der Waals surface area contributed by atoms with Crippen molar-refractivity contribution in [3.05, 3.63) is 78.0 Å². The van der Waals surface area contributed by atoms with Gasteiger partial charge in [-0.25, -0.2) is 13.4 Å². The van der Waals surface area contributed by atoms with Crippen molar-refractivity contribution in [3.63, 3.8) is 0 Å². The quantitative estimate of drug-likeness (QED) is 0.373. The van der Waals surface area contributed by atoms with E-state index in [4.69, 9.17) is 4.52 Å². The fraction of sp³-hybridized carbons (Fsp3) is 0.250. The van der Waals surface area contributed by atoms with Crippen LogP contribution in [0.1, 0.15) is 31.1 Å². The van der Waals surface area contributed by atoms with Gasteiger partial charge in [-0.1, -0.05) is 47.6 Å². The van der Waals surface area contributed by atoms with Gasteiger partial charge in [0.1, 0.15) is 10.9 Å². The number of hydrogen-bond acceptors (Lipinski definition) is 7. The molecular formula is C24H25N3O4S2. The summed E-state index contributed by atoms with van der Waals surface area (Å²) in [6.45, 7) is 3.75. The lowest BCUT2D eigenvalue weighted by Gasteiger charge is -2.24. The van der Waals surface area contributed by atoms with Crippen molar-refractivity contribution in [1.29, 1.82) is 0 Å². The van der Waals surface area contributed by atoms with Crippen LogP contribution in [0, 0.1) is 0 Å². The van der Waals surface area contributed by atoms with Gasteiger partial charge in [-0.3, -0.25) is 0 Å².